The van der Waals surface area contributed by atoms with Crippen LogP contribution in [-0.2, 0) is 9.47 Å². The highest BCUT2D eigenvalue weighted by Crippen LogP contribution is 2.25. The lowest BCUT2D eigenvalue weighted by atomic mass is 10.0. The van der Waals surface area contributed by atoms with Gasteiger partial charge in [-0.15, -0.1) is 0 Å². The molecule has 0 aromatic carbocycles. The average molecular weight is 284 g/mol. The zero-order chi connectivity index (χ0) is 13.3. The summed E-state index contributed by atoms with van der Waals surface area (Å²) in [6.07, 6.45) is 2.41. The van der Waals surface area contributed by atoms with Gasteiger partial charge in [-0.3, -0.25) is 0 Å². The lowest BCUT2D eigenvalue weighted by Crippen LogP contribution is -2.39. The standard InChI is InChI=1S/C11H14ClN5O2/c1-18-11(2-3-19-5-11)4-13-8-7-9(15-6-14-7)17-10(12)16-8/h6H,2-5H2,1H3,(H2,13,14,15,16,17). The van der Waals surface area contributed by atoms with E-state index >= 15 is 0 Å². The van der Waals surface area contributed by atoms with Crippen LogP contribution in [0.4, 0.5) is 5.82 Å². The van der Waals surface area contributed by atoms with Gasteiger partial charge >= 0.3 is 0 Å². The molecule has 2 N–H and O–H groups in total. The molecule has 3 rings (SSSR count). The molecule has 0 aliphatic carbocycles. The average Bonchev–Trinajstić information content (AvgIpc) is 3.05. The van der Waals surface area contributed by atoms with Crippen molar-refractivity contribution in [2.24, 2.45) is 0 Å². The fourth-order valence-corrected chi connectivity index (χ4v) is 2.31. The summed E-state index contributed by atoms with van der Waals surface area (Å²) in [6.45, 7) is 1.87. The first-order valence-corrected chi connectivity index (χ1v) is 6.34. The Balaban J connectivity index is 1.83. The van der Waals surface area contributed by atoms with Gasteiger partial charge in [0.05, 0.1) is 12.9 Å². The monoisotopic (exact) mass is 283 g/mol. The molecule has 1 unspecified atom stereocenters. The molecule has 0 bridgehead atoms. The van der Waals surface area contributed by atoms with Gasteiger partial charge in [-0.2, -0.15) is 9.97 Å². The molecule has 19 heavy (non-hydrogen) atoms. The van der Waals surface area contributed by atoms with Crippen LogP contribution in [0.1, 0.15) is 6.42 Å². The minimum Gasteiger partial charge on any atom is -0.378 e. The molecule has 1 aliphatic heterocycles. The fourth-order valence-electron chi connectivity index (χ4n) is 2.14. The van der Waals surface area contributed by atoms with Gasteiger partial charge in [-0.1, -0.05) is 0 Å². The maximum atomic E-state index is 5.87. The van der Waals surface area contributed by atoms with Gasteiger partial charge in [0.2, 0.25) is 5.28 Å². The van der Waals surface area contributed by atoms with Crippen LogP contribution in [0.25, 0.3) is 11.2 Å². The van der Waals surface area contributed by atoms with E-state index in [-0.39, 0.29) is 10.9 Å². The van der Waals surface area contributed by atoms with Crippen molar-refractivity contribution >= 4 is 28.6 Å². The second-order valence-electron chi connectivity index (χ2n) is 4.49. The minimum atomic E-state index is -0.316. The van der Waals surface area contributed by atoms with E-state index in [0.717, 1.165) is 11.9 Å². The molecule has 1 atom stereocenters. The van der Waals surface area contributed by atoms with Crippen molar-refractivity contribution in [3.8, 4) is 0 Å². The van der Waals surface area contributed by atoms with Crippen molar-refractivity contribution in [2.75, 3.05) is 32.2 Å². The first kappa shape index (κ1) is 12.6. The van der Waals surface area contributed by atoms with Crippen LogP contribution in [0.5, 0.6) is 0 Å². The van der Waals surface area contributed by atoms with Crippen LogP contribution in [0.3, 0.4) is 0 Å². The van der Waals surface area contributed by atoms with Crippen LogP contribution in [0, 0.1) is 0 Å². The second kappa shape index (κ2) is 4.92. The van der Waals surface area contributed by atoms with Crippen molar-refractivity contribution < 1.29 is 9.47 Å². The van der Waals surface area contributed by atoms with Crippen molar-refractivity contribution in [2.45, 2.75) is 12.0 Å². The number of aromatic amines is 1. The van der Waals surface area contributed by atoms with E-state index in [9.17, 15) is 0 Å². The first-order valence-electron chi connectivity index (χ1n) is 5.96. The number of hydrogen-bond donors (Lipinski definition) is 2. The van der Waals surface area contributed by atoms with Gasteiger partial charge in [0.25, 0.3) is 0 Å². The van der Waals surface area contributed by atoms with Crippen molar-refractivity contribution in [1.29, 1.82) is 0 Å². The molecule has 0 spiro atoms. The Morgan fingerprint density at radius 3 is 3.21 bits per heavy atom. The molecule has 3 heterocycles. The fraction of sp³-hybridized carbons (Fsp3) is 0.545. The Hall–Kier alpha value is -1.44. The van der Waals surface area contributed by atoms with Crippen molar-refractivity contribution in [3.05, 3.63) is 11.6 Å². The number of H-pyrrole nitrogens is 1. The number of nitrogens with one attached hydrogen (secondary N) is 2. The third-order valence-corrected chi connectivity index (χ3v) is 3.51. The molecule has 2 aromatic heterocycles. The van der Waals surface area contributed by atoms with E-state index < -0.39 is 0 Å². The van der Waals surface area contributed by atoms with Crippen LogP contribution < -0.4 is 5.32 Å². The number of rotatable bonds is 4. The lowest BCUT2D eigenvalue weighted by Gasteiger charge is -2.26. The number of ether oxygens (including phenoxy) is 2. The largest absolute Gasteiger partial charge is 0.378 e. The zero-order valence-electron chi connectivity index (χ0n) is 10.4. The van der Waals surface area contributed by atoms with Crippen LogP contribution in [-0.4, -0.2) is 52.4 Å². The lowest BCUT2D eigenvalue weighted by molar-refractivity contribution is -0.00623. The Bertz CT molecular complexity index is 581. The number of fused-ring (bicyclic) bond motifs is 1. The van der Waals surface area contributed by atoms with E-state index in [1.807, 2.05) is 0 Å². The molecular weight excluding hydrogens is 270 g/mol. The van der Waals surface area contributed by atoms with Crippen LogP contribution in [0.15, 0.2) is 6.33 Å². The third-order valence-electron chi connectivity index (χ3n) is 3.34. The Labute approximate surface area is 114 Å². The summed E-state index contributed by atoms with van der Waals surface area (Å²) in [5, 5.41) is 3.40. The van der Waals surface area contributed by atoms with E-state index in [0.29, 0.717) is 31.2 Å². The Morgan fingerprint density at radius 2 is 2.47 bits per heavy atom. The summed E-state index contributed by atoms with van der Waals surface area (Å²) < 4.78 is 10.9. The van der Waals surface area contributed by atoms with E-state index in [1.165, 1.54) is 0 Å². The van der Waals surface area contributed by atoms with Gasteiger partial charge in [0.1, 0.15) is 11.1 Å². The topological polar surface area (TPSA) is 85.0 Å². The first-order chi connectivity index (χ1) is 9.22. The van der Waals surface area contributed by atoms with Gasteiger partial charge in [-0.05, 0) is 11.6 Å². The predicted molar refractivity (Wildman–Crippen MR) is 70.4 cm³/mol. The van der Waals surface area contributed by atoms with Crippen LogP contribution >= 0.6 is 11.6 Å². The highest BCUT2D eigenvalue weighted by atomic mass is 35.5. The van der Waals surface area contributed by atoms with Crippen molar-refractivity contribution in [1.82, 2.24) is 19.9 Å². The second-order valence-corrected chi connectivity index (χ2v) is 4.82. The van der Waals surface area contributed by atoms with E-state index in [1.54, 1.807) is 13.4 Å². The van der Waals surface area contributed by atoms with Crippen molar-refractivity contribution in [3.63, 3.8) is 0 Å². The van der Waals surface area contributed by atoms with Gasteiger partial charge in [-0.25, -0.2) is 4.98 Å². The van der Waals surface area contributed by atoms with Gasteiger partial charge in [0.15, 0.2) is 11.5 Å². The Kier molecular flexibility index (Phi) is 3.26. The molecule has 8 heteroatoms. The Morgan fingerprint density at radius 1 is 1.58 bits per heavy atom. The molecule has 0 saturated carbocycles. The molecule has 102 valence electrons. The summed E-state index contributed by atoms with van der Waals surface area (Å²) in [7, 11) is 1.69. The minimum absolute atomic E-state index is 0.163. The summed E-state index contributed by atoms with van der Waals surface area (Å²) in [5.41, 5.74) is 0.954. The summed E-state index contributed by atoms with van der Waals surface area (Å²) >= 11 is 5.87. The van der Waals surface area contributed by atoms with Gasteiger partial charge in [0, 0.05) is 26.7 Å². The summed E-state index contributed by atoms with van der Waals surface area (Å²) in [6, 6.07) is 0. The third kappa shape index (κ3) is 2.36. The maximum absolute atomic E-state index is 5.87. The number of hydrogen-bond acceptors (Lipinski definition) is 6. The smallest absolute Gasteiger partial charge is 0.226 e. The SMILES string of the molecule is COC1(CNc2nc(Cl)nc3nc[nH]c23)CCOC1. The number of nitrogens with zero attached hydrogens (tertiary/aromatic N) is 3. The number of methoxy groups -OCH3 is 1. The molecule has 1 aliphatic rings. The van der Waals surface area contributed by atoms with Crippen LogP contribution in [0.2, 0.25) is 5.28 Å². The number of halogens is 1. The summed E-state index contributed by atoms with van der Waals surface area (Å²) in [4.78, 5) is 15.3. The van der Waals surface area contributed by atoms with E-state index in [2.05, 4.69) is 25.3 Å². The molecule has 0 radical (unpaired) electrons. The molecule has 1 saturated heterocycles. The molecule has 1 fully saturated rings. The predicted octanol–water partition coefficient (Wildman–Crippen LogP) is 1.22. The van der Waals surface area contributed by atoms with E-state index in [4.69, 9.17) is 21.1 Å². The zero-order valence-corrected chi connectivity index (χ0v) is 11.2. The molecule has 0 amide bonds. The normalized spacial score (nSPS) is 23.1. The maximum Gasteiger partial charge on any atom is 0.226 e. The molecule has 2 aromatic rings. The van der Waals surface area contributed by atoms with Gasteiger partial charge < -0.3 is 19.8 Å². The number of aromatic nitrogens is 4. The number of anilines is 1. The molecular formula is C11H14ClN5O2. The number of imidazole rings is 1. The summed E-state index contributed by atoms with van der Waals surface area (Å²) in [5.74, 6) is 0.621. The highest BCUT2D eigenvalue weighted by Gasteiger charge is 2.35. The molecule has 7 nitrogen and oxygen atoms in total. The highest BCUT2D eigenvalue weighted by molar-refractivity contribution is 6.28. The quantitative estimate of drug-likeness (QED) is 0.821.